The summed E-state index contributed by atoms with van der Waals surface area (Å²) in [6, 6.07) is -4.06. The summed E-state index contributed by atoms with van der Waals surface area (Å²) in [6.07, 6.45) is 4.90. The quantitative estimate of drug-likeness (QED) is 0.103. The summed E-state index contributed by atoms with van der Waals surface area (Å²) >= 11 is 3.95. The Bertz CT molecular complexity index is 790. The number of rotatable bonds is 16. The Morgan fingerprint density at radius 3 is 2.21 bits per heavy atom. The van der Waals surface area contributed by atoms with E-state index in [4.69, 9.17) is 11.5 Å². The number of hydrogen-bond acceptors (Lipinski definition) is 8. The summed E-state index contributed by atoms with van der Waals surface area (Å²) in [5, 5.41) is 16.9. The molecule has 3 amide bonds. The molecule has 0 aliphatic rings. The number of nitrogens with one attached hydrogen (secondary N) is 4. The van der Waals surface area contributed by atoms with Crippen molar-refractivity contribution in [2.45, 2.75) is 70.1 Å². The van der Waals surface area contributed by atoms with Crippen molar-refractivity contribution in [3.8, 4) is 0 Å². The maximum atomic E-state index is 13.1. The van der Waals surface area contributed by atoms with Crippen molar-refractivity contribution in [1.29, 1.82) is 0 Å². The summed E-state index contributed by atoms with van der Waals surface area (Å²) < 4.78 is 0. The number of hydrogen-bond donors (Lipinski definition) is 8. The van der Waals surface area contributed by atoms with Crippen molar-refractivity contribution in [3.05, 3.63) is 18.2 Å². The molecule has 34 heavy (non-hydrogen) atoms. The zero-order valence-electron chi connectivity index (χ0n) is 19.6. The number of aromatic nitrogens is 2. The molecule has 1 aromatic heterocycles. The van der Waals surface area contributed by atoms with Crippen molar-refractivity contribution in [3.63, 3.8) is 0 Å². The number of carbonyl (C=O) groups is 4. The minimum absolute atomic E-state index is 0.0947. The average molecular weight is 500 g/mol. The lowest BCUT2D eigenvalue weighted by Gasteiger charge is -2.25. The SMILES string of the molecule is CC(C)CC(N)C(=O)NC(Cc1cnc[nH]1)C(=O)NC(CCCCN)C(=O)NC(CS)C(=O)O. The molecule has 4 atom stereocenters. The summed E-state index contributed by atoms with van der Waals surface area (Å²) in [5.74, 6) is -2.92. The van der Waals surface area contributed by atoms with Crippen molar-refractivity contribution >= 4 is 36.3 Å². The summed E-state index contributed by atoms with van der Waals surface area (Å²) in [6.45, 7) is 4.27. The van der Waals surface area contributed by atoms with E-state index in [1.165, 1.54) is 12.5 Å². The van der Waals surface area contributed by atoms with Crippen LogP contribution >= 0.6 is 12.6 Å². The number of H-pyrrole nitrogens is 1. The predicted octanol–water partition coefficient (Wildman–Crippen LogP) is -1.08. The zero-order valence-corrected chi connectivity index (χ0v) is 20.5. The molecule has 9 N–H and O–H groups in total. The van der Waals surface area contributed by atoms with Crippen molar-refractivity contribution in [1.82, 2.24) is 25.9 Å². The minimum Gasteiger partial charge on any atom is -0.480 e. The maximum Gasteiger partial charge on any atom is 0.327 e. The van der Waals surface area contributed by atoms with Crippen molar-refractivity contribution in [2.75, 3.05) is 12.3 Å². The van der Waals surface area contributed by atoms with Gasteiger partial charge in [-0.15, -0.1) is 0 Å². The van der Waals surface area contributed by atoms with Gasteiger partial charge in [-0.3, -0.25) is 14.4 Å². The number of carboxylic acids is 1. The predicted molar refractivity (Wildman–Crippen MR) is 130 cm³/mol. The Morgan fingerprint density at radius 2 is 1.68 bits per heavy atom. The number of nitrogens with zero attached hydrogens (tertiary/aromatic N) is 1. The lowest BCUT2D eigenvalue weighted by Crippen LogP contribution is -2.57. The molecule has 1 heterocycles. The molecule has 0 bridgehead atoms. The molecule has 4 unspecified atom stereocenters. The van der Waals surface area contributed by atoms with E-state index >= 15 is 0 Å². The number of aliphatic carboxylic acids is 1. The molecule has 0 radical (unpaired) electrons. The van der Waals surface area contributed by atoms with Gasteiger partial charge in [0.05, 0.1) is 12.4 Å². The number of carbonyl (C=O) groups excluding carboxylic acids is 3. The maximum absolute atomic E-state index is 13.1. The van der Waals surface area contributed by atoms with Crippen LogP contribution in [0, 0.1) is 5.92 Å². The second-order valence-corrected chi connectivity index (χ2v) is 8.87. The highest BCUT2D eigenvalue weighted by atomic mass is 32.1. The van der Waals surface area contributed by atoms with E-state index in [1.54, 1.807) is 0 Å². The van der Waals surface area contributed by atoms with E-state index in [0.29, 0.717) is 31.5 Å². The molecule has 0 fully saturated rings. The normalized spacial score (nSPS) is 14.6. The topological polar surface area (TPSA) is 205 Å². The molecular formula is C21H37N7O5S. The summed E-state index contributed by atoms with van der Waals surface area (Å²) in [4.78, 5) is 56.6. The molecule has 0 aromatic carbocycles. The summed E-state index contributed by atoms with van der Waals surface area (Å²) in [7, 11) is 0. The molecule has 192 valence electrons. The highest BCUT2D eigenvalue weighted by molar-refractivity contribution is 7.80. The third-order valence-electron chi connectivity index (χ3n) is 5.05. The Morgan fingerprint density at radius 1 is 1.06 bits per heavy atom. The first kappa shape index (κ1) is 29.4. The smallest absolute Gasteiger partial charge is 0.327 e. The first-order valence-electron chi connectivity index (χ1n) is 11.3. The van der Waals surface area contributed by atoms with E-state index in [2.05, 4.69) is 38.5 Å². The van der Waals surface area contributed by atoms with Gasteiger partial charge in [0, 0.05) is 24.1 Å². The lowest BCUT2D eigenvalue weighted by molar-refractivity contribution is -0.141. The van der Waals surface area contributed by atoms with Gasteiger partial charge in [-0.25, -0.2) is 9.78 Å². The highest BCUT2D eigenvalue weighted by Crippen LogP contribution is 2.07. The molecular weight excluding hydrogens is 462 g/mol. The lowest BCUT2D eigenvalue weighted by atomic mass is 10.0. The zero-order chi connectivity index (χ0) is 25.7. The molecule has 1 aromatic rings. The van der Waals surface area contributed by atoms with Crippen LogP contribution in [-0.2, 0) is 25.6 Å². The van der Waals surface area contributed by atoms with Crippen LogP contribution in [0.5, 0.6) is 0 Å². The molecule has 0 saturated heterocycles. The Labute approximate surface area is 204 Å². The van der Waals surface area contributed by atoms with E-state index < -0.39 is 47.9 Å². The molecule has 13 heteroatoms. The monoisotopic (exact) mass is 499 g/mol. The van der Waals surface area contributed by atoms with Gasteiger partial charge in [0.2, 0.25) is 17.7 Å². The van der Waals surface area contributed by atoms with Gasteiger partial charge in [-0.1, -0.05) is 13.8 Å². The van der Waals surface area contributed by atoms with Crippen LogP contribution in [-0.4, -0.2) is 75.2 Å². The van der Waals surface area contributed by atoms with Gasteiger partial charge >= 0.3 is 5.97 Å². The van der Waals surface area contributed by atoms with Gasteiger partial charge in [-0.05, 0) is 38.1 Å². The van der Waals surface area contributed by atoms with Gasteiger partial charge in [0.15, 0.2) is 0 Å². The number of aromatic amines is 1. The van der Waals surface area contributed by atoms with E-state index in [9.17, 15) is 24.3 Å². The standard InChI is InChI=1S/C21H37N7O5S/c1-12(2)7-14(23)18(29)27-16(8-13-9-24-11-25-13)20(31)26-15(5-3-4-6-22)19(30)28-17(10-34)21(32)33/h9,11-12,14-17,34H,3-8,10,22-23H2,1-2H3,(H,24,25)(H,26,31)(H,27,29)(H,28,30)(H,32,33). The molecule has 0 aliphatic carbocycles. The first-order valence-corrected chi connectivity index (χ1v) is 11.9. The number of thiol groups is 1. The first-order chi connectivity index (χ1) is 16.1. The third-order valence-corrected chi connectivity index (χ3v) is 5.42. The number of amides is 3. The largest absolute Gasteiger partial charge is 0.480 e. The van der Waals surface area contributed by atoms with Gasteiger partial charge in [0.25, 0.3) is 0 Å². The fraction of sp³-hybridized carbons (Fsp3) is 0.667. The van der Waals surface area contributed by atoms with E-state index in [-0.39, 0.29) is 24.5 Å². The number of carboxylic acid groups (broad SMARTS) is 1. The van der Waals surface area contributed by atoms with Crippen molar-refractivity contribution in [2.24, 2.45) is 17.4 Å². The second kappa shape index (κ2) is 15.3. The van der Waals surface area contributed by atoms with Gasteiger partial charge in [0.1, 0.15) is 18.1 Å². The fourth-order valence-corrected chi connectivity index (χ4v) is 3.46. The molecule has 0 saturated carbocycles. The Kier molecular flexibility index (Phi) is 13.2. The number of unbranched alkanes of at least 4 members (excludes halogenated alkanes) is 1. The van der Waals surface area contributed by atoms with Crippen LogP contribution < -0.4 is 27.4 Å². The fourth-order valence-electron chi connectivity index (χ4n) is 3.21. The van der Waals surface area contributed by atoms with Crippen molar-refractivity contribution < 1.29 is 24.3 Å². The number of imidazole rings is 1. The number of nitrogens with two attached hydrogens (primary N) is 2. The van der Waals surface area contributed by atoms with Crippen LogP contribution in [0.3, 0.4) is 0 Å². The second-order valence-electron chi connectivity index (χ2n) is 8.51. The van der Waals surface area contributed by atoms with Crippen LogP contribution in [0.1, 0.15) is 45.2 Å². The van der Waals surface area contributed by atoms with Crippen LogP contribution in [0.4, 0.5) is 0 Å². The minimum atomic E-state index is -1.24. The van der Waals surface area contributed by atoms with Crippen LogP contribution in [0.25, 0.3) is 0 Å². The van der Waals surface area contributed by atoms with E-state index in [1.807, 2.05) is 13.8 Å². The van der Waals surface area contributed by atoms with Gasteiger partial charge in [-0.2, -0.15) is 12.6 Å². The van der Waals surface area contributed by atoms with E-state index in [0.717, 1.165) is 0 Å². The Hall–Kier alpha value is -2.64. The molecule has 0 aliphatic heterocycles. The third kappa shape index (κ3) is 10.5. The van der Waals surface area contributed by atoms with Gasteiger partial charge < -0.3 is 37.5 Å². The highest BCUT2D eigenvalue weighted by Gasteiger charge is 2.30. The molecule has 0 spiro atoms. The van der Waals surface area contributed by atoms with Crippen LogP contribution in [0.15, 0.2) is 12.5 Å². The molecule has 12 nitrogen and oxygen atoms in total. The average Bonchev–Trinajstić information content (AvgIpc) is 3.28. The Balaban J connectivity index is 3.01. The van der Waals surface area contributed by atoms with Crippen LogP contribution in [0.2, 0.25) is 0 Å². The summed E-state index contributed by atoms with van der Waals surface area (Å²) in [5.41, 5.74) is 12.1. The molecule has 1 rings (SSSR count).